The average Bonchev–Trinajstić information content (AvgIpc) is 3.17. The monoisotopic (exact) mass is 340 g/mol. The maximum absolute atomic E-state index is 12.5. The molecule has 1 saturated carbocycles. The molecule has 23 heavy (non-hydrogen) atoms. The third kappa shape index (κ3) is 3.74. The third-order valence-corrected chi connectivity index (χ3v) is 6.09. The lowest BCUT2D eigenvalue weighted by Crippen LogP contribution is -2.43. The van der Waals surface area contributed by atoms with Gasteiger partial charge in [0.15, 0.2) is 0 Å². The largest absolute Gasteiger partial charge is 0.311 e. The van der Waals surface area contributed by atoms with Crippen molar-refractivity contribution in [3.8, 4) is 0 Å². The van der Waals surface area contributed by atoms with E-state index in [-0.39, 0.29) is 18.4 Å². The maximum atomic E-state index is 12.5. The Morgan fingerprint density at radius 2 is 2.00 bits per heavy atom. The van der Waals surface area contributed by atoms with Crippen LogP contribution in [0.25, 0.3) is 0 Å². The topological polar surface area (TPSA) is 84.3 Å². The van der Waals surface area contributed by atoms with Gasteiger partial charge in [-0.1, -0.05) is 12.8 Å². The van der Waals surface area contributed by atoms with Gasteiger partial charge in [-0.25, -0.2) is 17.4 Å². The number of nitrogens with zero attached hydrogens (tertiary/aromatic N) is 3. The van der Waals surface area contributed by atoms with Gasteiger partial charge in [0.1, 0.15) is 5.82 Å². The zero-order valence-corrected chi connectivity index (χ0v) is 14.3. The molecule has 3 rings (SSSR count). The van der Waals surface area contributed by atoms with Crippen LogP contribution in [-0.4, -0.2) is 47.8 Å². The number of carbonyl (C=O) groups is 1. The summed E-state index contributed by atoms with van der Waals surface area (Å²) in [5.41, 5.74) is 0. The normalized spacial score (nSPS) is 24.0. The van der Waals surface area contributed by atoms with Crippen LogP contribution in [0.4, 0.5) is 5.82 Å². The Hall–Kier alpha value is -1.41. The van der Waals surface area contributed by atoms with Crippen molar-refractivity contribution in [1.82, 2.24) is 14.1 Å². The van der Waals surface area contributed by atoms with Gasteiger partial charge in [0.05, 0.1) is 24.4 Å². The summed E-state index contributed by atoms with van der Waals surface area (Å²) in [6, 6.07) is 2.17. The summed E-state index contributed by atoms with van der Waals surface area (Å²) in [6.45, 7) is 0.769. The van der Waals surface area contributed by atoms with E-state index in [4.69, 9.17) is 0 Å². The molecule has 0 bridgehead atoms. The summed E-state index contributed by atoms with van der Waals surface area (Å²) in [6.07, 6.45) is 8.92. The van der Waals surface area contributed by atoms with Crippen LogP contribution in [0, 0.1) is 5.92 Å². The molecule has 128 valence electrons. The lowest BCUT2D eigenvalue weighted by atomic mass is 9.99. The SMILES string of the molecule is CS(=O)(=O)N1CCCC(C(=O)Nc2ccnn2C2CCCC2)C1. The highest BCUT2D eigenvalue weighted by Crippen LogP contribution is 2.31. The van der Waals surface area contributed by atoms with Gasteiger partial charge in [-0.05, 0) is 25.7 Å². The molecule has 1 aliphatic carbocycles. The highest BCUT2D eigenvalue weighted by atomic mass is 32.2. The highest BCUT2D eigenvalue weighted by molar-refractivity contribution is 7.88. The van der Waals surface area contributed by atoms with Gasteiger partial charge >= 0.3 is 0 Å². The zero-order valence-electron chi connectivity index (χ0n) is 13.4. The standard InChI is InChI=1S/C15H24N4O3S/c1-23(21,22)18-10-4-5-12(11-18)15(20)17-14-8-9-16-19(14)13-6-2-3-7-13/h8-9,12-13H,2-7,10-11H2,1H3,(H,17,20). The molecule has 1 aromatic rings. The van der Waals surface area contributed by atoms with Crippen LogP contribution in [0.3, 0.4) is 0 Å². The molecule has 2 fully saturated rings. The number of piperidine rings is 1. The van der Waals surface area contributed by atoms with E-state index in [0.29, 0.717) is 19.0 Å². The first-order chi connectivity index (χ1) is 10.9. The number of carbonyl (C=O) groups excluding carboxylic acids is 1. The van der Waals surface area contributed by atoms with Crippen LogP contribution in [-0.2, 0) is 14.8 Å². The van der Waals surface area contributed by atoms with Crippen molar-refractivity contribution in [2.45, 2.75) is 44.6 Å². The van der Waals surface area contributed by atoms with Crippen molar-refractivity contribution >= 4 is 21.7 Å². The maximum Gasteiger partial charge on any atom is 0.229 e. The minimum absolute atomic E-state index is 0.113. The summed E-state index contributed by atoms with van der Waals surface area (Å²) in [4.78, 5) is 12.5. The van der Waals surface area contributed by atoms with E-state index in [1.807, 2.05) is 10.7 Å². The molecule has 1 aromatic heterocycles. The lowest BCUT2D eigenvalue weighted by Gasteiger charge is -2.30. The molecule has 0 aromatic carbocycles. The lowest BCUT2D eigenvalue weighted by molar-refractivity contribution is -0.120. The molecule has 2 aliphatic rings. The van der Waals surface area contributed by atoms with Crippen molar-refractivity contribution < 1.29 is 13.2 Å². The number of aromatic nitrogens is 2. The van der Waals surface area contributed by atoms with Gasteiger partial charge in [-0.2, -0.15) is 5.10 Å². The van der Waals surface area contributed by atoms with Gasteiger partial charge in [-0.15, -0.1) is 0 Å². The number of rotatable bonds is 4. The summed E-state index contributed by atoms with van der Waals surface area (Å²) >= 11 is 0. The molecular formula is C15H24N4O3S. The van der Waals surface area contributed by atoms with Crippen molar-refractivity contribution in [3.05, 3.63) is 12.3 Å². The van der Waals surface area contributed by atoms with Gasteiger partial charge in [0.2, 0.25) is 15.9 Å². The van der Waals surface area contributed by atoms with E-state index in [0.717, 1.165) is 25.1 Å². The molecule has 1 unspecified atom stereocenters. The fourth-order valence-corrected chi connectivity index (χ4v) is 4.45. The van der Waals surface area contributed by atoms with Crippen LogP contribution >= 0.6 is 0 Å². The Labute approximate surface area is 137 Å². The van der Waals surface area contributed by atoms with Crippen LogP contribution in [0.5, 0.6) is 0 Å². The van der Waals surface area contributed by atoms with Gasteiger partial charge in [0, 0.05) is 19.2 Å². The molecule has 1 amide bonds. The number of amides is 1. The smallest absolute Gasteiger partial charge is 0.229 e. The van der Waals surface area contributed by atoms with Gasteiger partial charge in [0.25, 0.3) is 0 Å². The molecule has 1 atom stereocenters. The number of hydrogen-bond acceptors (Lipinski definition) is 4. The average molecular weight is 340 g/mol. The van der Waals surface area contributed by atoms with E-state index in [9.17, 15) is 13.2 Å². The molecule has 1 aliphatic heterocycles. The Bertz CT molecular complexity index is 664. The Kier molecular flexibility index (Phi) is 4.72. The van der Waals surface area contributed by atoms with E-state index in [2.05, 4.69) is 10.4 Å². The first kappa shape index (κ1) is 16.4. The molecule has 8 heteroatoms. The minimum Gasteiger partial charge on any atom is -0.311 e. The predicted molar refractivity (Wildman–Crippen MR) is 87.5 cm³/mol. The molecule has 1 saturated heterocycles. The Balaban J connectivity index is 1.66. The van der Waals surface area contributed by atoms with E-state index in [1.54, 1.807) is 6.20 Å². The second kappa shape index (κ2) is 6.60. The fraction of sp³-hybridized carbons (Fsp3) is 0.733. The van der Waals surface area contributed by atoms with Crippen LogP contribution < -0.4 is 5.32 Å². The number of hydrogen-bond donors (Lipinski definition) is 1. The molecule has 7 nitrogen and oxygen atoms in total. The number of nitrogens with one attached hydrogen (secondary N) is 1. The highest BCUT2D eigenvalue weighted by Gasteiger charge is 2.31. The first-order valence-corrected chi connectivity index (χ1v) is 10.1. The van der Waals surface area contributed by atoms with Gasteiger partial charge in [-0.3, -0.25) is 4.79 Å². The second-order valence-electron chi connectivity index (χ2n) is 6.55. The second-order valence-corrected chi connectivity index (χ2v) is 8.53. The molecular weight excluding hydrogens is 316 g/mol. The number of anilines is 1. The third-order valence-electron chi connectivity index (χ3n) is 4.82. The summed E-state index contributed by atoms with van der Waals surface area (Å²) in [5, 5.41) is 7.30. The Morgan fingerprint density at radius 3 is 2.70 bits per heavy atom. The number of sulfonamides is 1. The van der Waals surface area contributed by atoms with Crippen molar-refractivity contribution in [1.29, 1.82) is 0 Å². The van der Waals surface area contributed by atoms with Gasteiger partial charge < -0.3 is 5.32 Å². The van der Waals surface area contributed by atoms with E-state index >= 15 is 0 Å². The predicted octanol–water partition coefficient (Wildman–Crippen LogP) is 1.61. The zero-order chi connectivity index (χ0) is 16.4. The Morgan fingerprint density at radius 1 is 1.26 bits per heavy atom. The molecule has 2 heterocycles. The van der Waals surface area contributed by atoms with Crippen molar-refractivity contribution in [2.75, 3.05) is 24.7 Å². The van der Waals surface area contributed by atoms with Crippen LogP contribution in [0.1, 0.15) is 44.6 Å². The molecule has 0 radical (unpaired) electrons. The van der Waals surface area contributed by atoms with Crippen LogP contribution in [0.2, 0.25) is 0 Å². The quantitative estimate of drug-likeness (QED) is 0.902. The minimum atomic E-state index is -3.24. The van der Waals surface area contributed by atoms with Crippen molar-refractivity contribution in [3.63, 3.8) is 0 Å². The summed E-state index contributed by atoms with van der Waals surface area (Å²) in [5.74, 6) is 0.307. The van der Waals surface area contributed by atoms with E-state index < -0.39 is 10.0 Å². The molecule has 0 spiro atoms. The van der Waals surface area contributed by atoms with E-state index in [1.165, 1.54) is 23.4 Å². The fourth-order valence-electron chi connectivity index (χ4n) is 3.54. The van der Waals surface area contributed by atoms with Crippen LogP contribution in [0.15, 0.2) is 12.3 Å². The first-order valence-electron chi connectivity index (χ1n) is 8.24. The summed E-state index contributed by atoms with van der Waals surface area (Å²) in [7, 11) is -3.24. The molecule has 1 N–H and O–H groups in total. The van der Waals surface area contributed by atoms with Crippen molar-refractivity contribution in [2.24, 2.45) is 5.92 Å². The summed E-state index contributed by atoms with van der Waals surface area (Å²) < 4.78 is 26.7.